The summed E-state index contributed by atoms with van der Waals surface area (Å²) in [4.78, 5) is 20.0. The van der Waals surface area contributed by atoms with Crippen LogP contribution in [0.4, 0.5) is 5.82 Å². The molecule has 2 saturated heterocycles. The van der Waals surface area contributed by atoms with E-state index in [4.69, 9.17) is 5.11 Å². The molecule has 5 heteroatoms. The molecule has 0 aromatic carbocycles. The lowest BCUT2D eigenvalue weighted by Crippen LogP contribution is -2.55. The number of hydrogen-bond acceptors (Lipinski definition) is 4. The summed E-state index contributed by atoms with van der Waals surface area (Å²) in [7, 11) is 0. The molecule has 3 rings (SSSR count). The fourth-order valence-corrected chi connectivity index (χ4v) is 3.34. The van der Waals surface area contributed by atoms with E-state index in [-0.39, 0.29) is 0 Å². The molecule has 1 N–H and O–H groups in total. The van der Waals surface area contributed by atoms with Gasteiger partial charge < -0.3 is 10.0 Å². The molecule has 2 aliphatic heterocycles. The molecule has 0 amide bonds. The first-order valence-corrected chi connectivity index (χ1v) is 7.51. The molecule has 0 saturated carbocycles. The predicted octanol–water partition coefficient (Wildman–Crippen LogP) is 1.85. The molecule has 5 nitrogen and oxygen atoms in total. The number of carboxylic acids is 1. The molecule has 3 heterocycles. The van der Waals surface area contributed by atoms with Gasteiger partial charge in [-0.3, -0.25) is 4.90 Å². The molecule has 0 radical (unpaired) electrons. The van der Waals surface area contributed by atoms with E-state index in [1.54, 1.807) is 12.3 Å². The highest BCUT2D eigenvalue weighted by Crippen LogP contribution is 2.27. The molecule has 2 fully saturated rings. The Labute approximate surface area is 124 Å². The summed E-state index contributed by atoms with van der Waals surface area (Å²) in [6.45, 7) is 5.62. The van der Waals surface area contributed by atoms with Crippen molar-refractivity contribution in [2.75, 3.05) is 24.5 Å². The van der Waals surface area contributed by atoms with Crippen LogP contribution in [0.1, 0.15) is 25.3 Å². The Morgan fingerprint density at radius 3 is 3.00 bits per heavy atom. The maximum atomic E-state index is 10.5. The van der Waals surface area contributed by atoms with Gasteiger partial charge in [0.2, 0.25) is 0 Å². The van der Waals surface area contributed by atoms with Gasteiger partial charge in [0.05, 0.1) is 0 Å². The minimum Gasteiger partial charge on any atom is -0.478 e. The monoisotopic (exact) mass is 287 g/mol. The number of pyridine rings is 1. The van der Waals surface area contributed by atoms with E-state index in [0.717, 1.165) is 30.5 Å². The number of aliphatic carboxylic acids is 1. The third kappa shape index (κ3) is 3.08. The van der Waals surface area contributed by atoms with Crippen LogP contribution < -0.4 is 4.90 Å². The van der Waals surface area contributed by atoms with Crippen molar-refractivity contribution >= 4 is 17.9 Å². The molecule has 112 valence electrons. The van der Waals surface area contributed by atoms with E-state index in [9.17, 15) is 4.79 Å². The van der Waals surface area contributed by atoms with Gasteiger partial charge in [0, 0.05) is 37.4 Å². The number of fused-ring (bicyclic) bond motifs is 1. The Morgan fingerprint density at radius 1 is 1.43 bits per heavy atom. The van der Waals surface area contributed by atoms with Crippen molar-refractivity contribution in [3.8, 4) is 0 Å². The lowest BCUT2D eigenvalue weighted by atomic mass is 10.1. The minimum absolute atomic E-state index is 0.465. The average molecular weight is 287 g/mol. The molecule has 21 heavy (non-hydrogen) atoms. The first-order chi connectivity index (χ1) is 10.1. The van der Waals surface area contributed by atoms with E-state index >= 15 is 0 Å². The van der Waals surface area contributed by atoms with Gasteiger partial charge in [0.1, 0.15) is 5.82 Å². The average Bonchev–Trinajstić information content (AvgIpc) is 2.92. The topological polar surface area (TPSA) is 56.7 Å². The van der Waals surface area contributed by atoms with Gasteiger partial charge in [-0.2, -0.15) is 0 Å². The van der Waals surface area contributed by atoms with E-state index < -0.39 is 5.97 Å². The second kappa shape index (κ2) is 5.85. The lowest BCUT2D eigenvalue weighted by Gasteiger charge is -2.43. The number of aromatic nitrogens is 1. The molecular weight excluding hydrogens is 266 g/mol. The predicted molar refractivity (Wildman–Crippen MR) is 82.3 cm³/mol. The van der Waals surface area contributed by atoms with Crippen molar-refractivity contribution in [2.45, 2.75) is 31.8 Å². The summed E-state index contributed by atoms with van der Waals surface area (Å²) in [5, 5.41) is 8.63. The van der Waals surface area contributed by atoms with Gasteiger partial charge in [0.25, 0.3) is 0 Å². The standard InChI is InChI=1S/C16H21N3O2/c1-12-10-18-8-2-3-14(18)11-19(12)15-6-4-13(9-17-15)5-7-16(20)21/h4-7,9,12,14H,2-3,8,10-11H2,1H3,(H,20,21)/b7-5+. The van der Waals surface area contributed by atoms with Crippen LogP contribution in [-0.4, -0.2) is 52.7 Å². The molecule has 1 aromatic heterocycles. The SMILES string of the molecule is CC1CN2CCCC2CN1c1ccc(/C=C/C(=O)O)cn1. The Kier molecular flexibility index (Phi) is 3.92. The summed E-state index contributed by atoms with van der Waals surface area (Å²) in [5.41, 5.74) is 0.813. The number of piperazine rings is 1. The molecule has 1 aromatic rings. The zero-order chi connectivity index (χ0) is 14.8. The van der Waals surface area contributed by atoms with E-state index in [2.05, 4.69) is 21.7 Å². The van der Waals surface area contributed by atoms with Crippen LogP contribution in [0.25, 0.3) is 6.08 Å². The van der Waals surface area contributed by atoms with Crippen LogP contribution in [0.3, 0.4) is 0 Å². The highest BCUT2D eigenvalue weighted by Gasteiger charge is 2.34. The molecule has 0 spiro atoms. The van der Waals surface area contributed by atoms with Gasteiger partial charge in [-0.1, -0.05) is 0 Å². The van der Waals surface area contributed by atoms with E-state index in [0.29, 0.717) is 12.1 Å². The van der Waals surface area contributed by atoms with Crippen molar-refractivity contribution in [3.63, 3.8) is 0 Å². The number of rotatable bonds is 3. The van der Waals surface area contributed by atoms with E-state index in [1.807, 2.05) is 12.1 Å². The van der Waals surface area contributed by atoms with E-state index in [1.165, 1.54) is 19.4 Å². The first kappa shape index (κ1) is 14.1. The molecule has 2 atom stereocenters. The largest absolute Gasteiger partial charge is 0.478 e. The second-order valence-electron chi connectivity index (χ2n) is 5.91. The van der Waals surface area contributed by atoms with Gasteiger partial charge >= 0.3 is 5.97 Å². The molecule has 0 aliphatic carbocycles. The maximum Gasteiger partial charge on any atom is 0.328 e. The Hall–Kier alpha value is -1.88. The number of carboxylic acid groups (broad SMARTS) is 1. The van der Waals surface area contributed by atoms with Crippen molar-refractivity contribution in [3.05, 3.63) is 30.0 Å². The summed E-state index contributed by atoms with van der Waals surface area (Å²) in [6.07, 6.45) is 7.02. The zero-order valence-corrected chi connectivity index (χ0v) is 12.3. The number of anilines is 1. The van der Waals surface area contributed by atoms with Gasteiger partial charge in [-0.25, -0.2) is 9.78 Å². The van der Waals surface area contributed by atoms with Crippen molar-refractivity contribution in [1.82, 2.24) is 9.88 Å². The van der Waals surface area contributed by atoms with Crippen LogP contribution in [-0.2, 0) is 4.79 Å². The lowest BCUT2D eigenvalue weighted by molar-refractivity contribution is -0.131. The van der Waals surface area contributed by atoms with Crippen LogP contribution in [0.5, 0.6) is 0 Å². The zero-order valence-electron chi connectivity index (χ0n) is 12.3. The maximum absolute atomic E-state index is 10.5. The molecule has 0 bridgehead atoms. The van der Waals surface area contributed by atoms with Crippen LogP contribution in [0, 0.1) is 0 Å². The Balaban J connectivity index is 1.72. The number of nitrogens with zero attached hydrogens (tertiary/aromatic N) is 3. The van der Waals surface area contributed by atoms with Crippen molar-refractivity contribution < 1.29 is 9.90 Å². The third-order valence-corrected chi connectivity index (χ3v) is 4.42. The molecular formula is C16H21N3O2. The van der Waals surface area contributed by atoms with Gasteiger partial charge in [0.15, 0.2) is 0 Å². The van der Waals surface area contributed by atoms with Crippen molar-refractivity contribution in [2.24, 2.45) is 0 Å². The smallest absolute Gasteiger partial charge is 0.328 e. The first-order valence-electron chi connectivity index (χ1n) is 7.51. The second-order valence-corrected chi connectivity index (χ2v) is 5.91. The third-order valence-electron chi connectivity index (χ3n) is 4.42. The quantitative estimate of drug-likeness (QED) is 0.860. The fraction of sp³-hybridized carbons (Fsp3) is 0.500. The molecule has 2 unspecified atom stereocenters. The number of carbonyl (C=O) groups is 1. The summed E-state index contributed by atoms with van der Waals surface area (Å²) in [6, 6.07) is 5.04. The summed E-state index contributed by atoms with van der Waals surface area (Å²) >= 11 is 0. The highest BCUT2D eigenvalue weighted by molar-refractivity contribution is 5.85. The Bertz CT molecular complexity index is 541. The van der Waals surface area contributed by atoms with Crippen molar-refractivity contribution in [1.29, 1.82) is 0 Å². The fourth-order valence-electron chi connectivity index (χ4n) is 3.34. The Morgan fingerprint density at radius 2 is 2.29 bits per heavy atom. The van der Waals surface area contributed by atoms with Gasteiger partial charge in [-0.15, -0.1) is 0 Å². The minimum atomic E-state index is -0.940. The number of hydrogen-bond donors (Lipinski definition) is 1. The highest BCUT2D eigenvalue weighted by atomic mass is 16.4. The summed E-state index contributed by atoms with van der Waals surface area (Å²) in [5.74, 6) is 0.0478. The molecule has 2 aliphatic rings. The van der Waals surface area contributed by atoms with Crippen LogP contribution in [0.15, 0.2) is 24.4 Å². The van der Waals surface area contributed by atoms with Crippen LogP contribution >= 0.6 is 0 Å². The van der Waals surface area contributed by atoms with Crippen LogP contribution in [0.2, 0.25) is 0 Å². The summed E-state index contributed by atoms with van der Waals surface area (Å²) < 4.78 is 0. The van der Waals surface area contributed by atoms with Gasteiger partial charge in [-0.05, 0) is 50.1 Å². The normalized spacial score (nSPS) is 26.2.